The molecule has 0 N–H and O–H groups in total. The van der Waals surface area contributed by atoms with Crippen molar-refractivity contribution in [2.24, 2.45) is 5.92 Å². The lowest BCUT2D eigenvalue weighted by atomic mass is 9.97. The maximum absolute atomic E-state index is 12.4. The molecule has 29 heavy (non-hydrogen) atoms. The van der Waals surface area contributed by atoms with Crippen LogP contribution in [0.25, 0.3) is 0 Å². The highest BCUT2D eigenvalue weighted by atomic mass is 16.5. The van der Waals surface area contributed by atoms with Gasteiger partial charge in [-0.1, -0.05) is 30.3 Å². The van der Waals surface area contributed by atoms with Crippen molar-refractivity contribution in [3.05, 3.63) is 60.1 Å². The highest BCUT2D eigenvalue weighted by Gasteiger charge is 2.30. The normalized spacial score (nSPS) is 15.6. The summed E-state index contributed by atoms with van der Waals surface area (Å²) < 4.78 is 10.4. The predicted octanol–water partition coefficient (Wildman–Crippen LogP) is 2.89. The van der Waals surface area contributed by atoms with Crippen molar-refractivity contribution >= 4 is 17.8 Å². The van der Waals surface area contributed by atoms with Gasteiger partial charge in [-0.05, 0) is 37.5 Å². The summed E-state index contributed by atoms with van der Waals surface area (Å²) in [7, 11) is 1.70. The molecular weight excluding hydrogens is 372 g/mol. The smallest absolute Gasteiger partial charge is 0.309 e. The first-order chi connectivity index (χ1) is 14.0. The summed E-state index contributed by atoms with van der Waals surface area (Å²) in [6.45, 7) is 2.56. The van der Waals surface area contributed by atoms with E-state index in [0.29, 0.717) is 31.7 Å². The second-order valence-corrected chi connectivity index (χ2v) is 7.24. The summed E-state index contributed by atoms with van der Waals surface area (Å²) in [6, 6.07) is 12.9. The molecule has 1 atom stereocenters. The first-order valence-corrected chi connectivity index (χ1v) is 9.77. The Bertz CT molecular complexity index is 826. The van der Waals surface area contributed by atoms with Gasteiger partial charge in [0.25, 0.3) is 11.8 Å². The Morgan fingerprint density at radius 2 is 1.83 bits per heavy atom. The minimum absolute atomic E-state index is 0.113. The maximum Gasteiger partial charge on any atom is 0.309 e. The van der Waals surface area contributed by atoms with Gasteiger partial charge in [0.2, 0.25) is 0 Å². The number of nitrogens with zero attached hydrogens (tertiary/aromatic N) is 2. The molecule has 3 rings (SSSR count). The number of hydrogen-bond donors (Lipinski definition) is 0. The van der Waals surface area contributed by atoms with Crippen LogP contribution in [0.15, 0.2) is 53.1 Å². The second-order valence-electron chi connectivity index (χ2n) is 7.24. The van der Waals surface area contributed by atoms with E-state index in [9.17, 15) is 14.4 Å². The predicted molar refractivity (Wildman–Crippen MR) is 106 cm³/mol. The van der Waals surface area contributed by atoms with E-state index in [0.717, 1.165) is 5.56 Å². The Morgan fingerprint density at radius 3 is 2.45 bits per heavy atom. The summed E-state index contributed by atoms with van der Waals surface area (Å²) in [5, 5.41) is 0. The molecule has 2 heterocycles. The van der Waals surface area contributed by atoms with E-state index in [1.54, 1.807) is 29.0 Å². The summed E-state index contributed by atoms with van der Waals surface area (Å²) in [5.41, 5.74) is 1.02. The fourth-order valence-electron chi connectivity index (χ4n) is 3.40. The van der Waals surface area contributed by atoms with E-state index in [1.165, 1.54) is 6.26 Å². The van der Waals surface area contributed by atoms with E-state index in [-0.39, 0.29) is 36.4 Å². The third-order valence-corrected chi connectivity index (χ3v) is 5.44. The molecule has 2 amide bonds. The van der Waals surface area contributed by atoms with Gasteiger partial charge in [-0.15, -0.1) is 0 Å². The molecule has 1 fully saturated rings. The van der Waals surface area contributed by atoms with Crippen molar-refractivity contribution in [2.45, 2.75) is 25.8 Å². The molecule has 0 spiro atoms. The Kier molecular flexibility index (Phi) is 6.69. The number of rotatable bonds is 6. The zero-order valence-corrected chi connectivity index (χ0v) is 16.7. The lowest BCUT2D eigenvalue weighted by molar-refractivity contribution is -0.156. The number of furan rings is 1. The van der Waals surface area contributed by atoms with E-state index in [4.69, 9.17) is 9.15 Å². The highest BCUT2D eigenvalue weighted by molar-refractivity contribution is 5.91. The van der Waals surface area contributed by atoms with Crippen LogP contribution >= 0.6 is 0 Å². The largest absolute Gasteiger partial charge is 0.459 e. The van der Waals surface area contributed by atoms with Gasteiger partial charge >= 0.3 is 5.97 Å². The van der Waals surface area contributed by atoms with Gasteiger partial charge in [0, 0.05) is 20.1 Å². The van der Waals surface area contributed by atoms with Gasteiger partial charge in [-0.2, -0.15) is 0 Å². The topological polar surface area (TPSA) is 80.1 Å². The zero-order valence-electron chi connectivity index (χ0n) is 16.7. The number of ether oxygens (including phenoxy) is 1. The van der Waals surface area contributed by atoms with Crippen molar-refractivity contribution < 1.29 is 23.5 Å². The Morgan fingerprint density at radius 1 is 1.14 bits per heavy atom. The van der Waals surface area contributed by atoms with Crippen LogP contribution in [-0.2, 0) is 14.3 Å². The van der Waals surface area contributed by atoms with E-state index in [1.807, 2.05) is 37.3 Å². The molecule has 0 bridgehead atoms. The van der Waals surface area contributed by atoms with E-state index < -0.39 is 0 Å². The molecule has 1 aromatic carbocycles. The monoisotopic (exact) mass is 398 g/mol. The van der Waals surface area contributed by atoms with Crippen LogP contribution in [0.2, 0.25) is 0 Å². The molecule has 1 saturated heterocycles. The van der Waals surface area contributed by atoms with Gasteiger partial charge in [-0.3, -0.25) is 14.4 Å². The lowest BCUT2D eigenvalue weighted by Gasteiger charge is -2.30. The number of piperidine rings is 1. The van der Waals surface area contributed by atoms with Crippen LogP contribution in [0.1, 0.15) is 41.9 Å². The first kappa shape index (κ1) is 20.6. The van der Waals surface area contributed by atoms with Gasteiger partial charge in [-0.25, -0.2) is 0 Å². The molecule has 1 aliphatic heterocycles. The molecule has 1 unspecified atom stereocenters. The molecule has 0 aliphatic carbocycles. The van der Waals surface area contributed by atoms with E-state index in [2.05, 4.69) is 0 Å². The lowest BCUT2D eigenvalue weighted by Crippen LogP contribution is -2.41. The average Bonchev–Trinajstić information content (AvgIpc) is 3.31. The summed E-state index contributed by atoms with van der Waals surface area (Å²) >= 11 is 0. The molecular formula is C22H26N2O5. The highest BCUT2D eigenvalue weighted by Crippen LogP contribution is 2.21. The molecule has 1 aromatic heterocycles. The van der Waals surface area contributed by atoms with Crippen LogP contribution < -0.4 is 0 Å². The number of hydrogen-bond acceptors (Lipinski definition) is 5. The van der Waals surface area contributed by atoms with Crippen LogP contribution in [0.4, 0.5) is 0 Å². The number of carbonyl (C=O) groups excluding carboxylic acids is 3. The first-order valence-electron chi connectivity index (χ1n) is 9.77. The summed E-state index contributed by atoms with van der Waals surface area (Å²) in [5.74, 6) is -0.814. The molecule has 0 radical (unpaired) electrons. The number of esters is 1. The minimum atomic E-state index is -0.385. The fraction of sp³-hybridized carbons (Fsp3) is 0.409. The van der Waals surface area contributed by atoms with Crippen molar-refractivity contribution in [2.75, 3.05) is 26.7 Å². The number of likely N-dealkylation sites (N-methyl/N-ethyl adjacent to an activating group) is 1. The third kappa shape index (κ3) is 5.04. The second kappa shape index (κ2) is 9.41. The van der Waals surface area contributed by atoms with Crippen molar-refractivity contribution in [3.63, 3.8) is 0 Å². The minimum Gasteiger partial charge on any atom is -0.459 e. The summed E-state index contributed by atoms with van der Waals surface area (Å²) in [6.07, 6.45) is 2.48. The van der Waals surface area contributed by atoms with Crippen LogP contribution in [0.5, 0.6) is 0 Å². The Balaban J connectivity index is 1.44. The standard InChI is InChI=1S/C22H26N2O5/c1-16(17-7-4-3-5-8-17)23(2)20(25)15-29-22(27)18-10-12-24(13-11-18)21(26)19-9-6-14-28-19/h3-9,14,16,18H,10-13,15H2,1-2H3. The van der Waals surface area contributed by atoms with Crippen LogP contribution in [-0.4, -0.2) is 54.3 Å². The van der Waals surface area contributed by atoms with E-state index >= 15 is 0 Å². The van der Waals surface area contributed by atoms with Gasteiger partial charge in [0.15, 0.2) is 12.4 Å². The van der Waals surface area contributed by atoms with Crippen LogP contribution in [0, 0.1) is 5.92 Å². The molecule has 2 aromatic rings. The molecule has 7 heteroatoms. The molecule has 0 saturated carbocycles. The van der Waals surface area contributed by atoms with Gasteiger partial charge in [0.05, 0.1) is 18.2 Å². The van der Waals surface area contributed by atoms with Crippen molar-refractivity contribution in [1.29, 1.82) is 0 Å². The summed E-state index contributed by atoms with van der Waals surface area (Å²) in [4.78, 5) is 40.3. The average molecular weight is 398 g/mol. The third-order valence-electron chi connectivity index (χ3n) is 5.44. The number of benzene rings is 1. The number of carbonyl (C=O) groups is 3. The van der Waals surface area contributed by atoms with Gasteiger partial charge in [0.1, 0.15) is 0 Å². The number of amides is 2. The Hall–Kier alpha value is -3.09. The Labute approximate surface area is 170 Å². The zero-order chi connectivity index (χ0) is 20.8. The quantitative estimate of drug-likeness (QED) is 0.699. The molecule has 154 valence electrons. The molecule has 1 aliphatic rings. The molecule has 7 nitrogen and oxygen atoms in total. The van der Waals surface area contributed by atoms with Crippen LogP contribution in [0.3, 0.4) is 0 Å². The van der Waals surface area contributed by atoms with Crippen molar-refractivity contribution in [1.82, 2.24) is 9.80 Å². The maximum atomic E-state index is 12.4. The fourth-order valence-corrected chi connectivity index (χ4v) is 3.40. The van der Waals surface area contributed by atoms with Crippen molar-refractivity contribution in [3.8, 4) is 0 Å². The SMILES string of the molecule is CC(c1ccccc1)N(C)C(=O)COC(=O)C1CCN(C(=O)c2ccco2)CC1. The van der Waals surface area contributed by atoms with Gasteiger partial charge < -0.3 is 19.0 Å². The number of likely N-dealkylation sites (tertiary alicyclic amines) is 1.